The van der Waals surface area contributed by atoms with Gasteiger partial charge in [0.05, 0.1) is 13.2 Å². The normalized spacial score (nSPS) is 15.0. The minimum absolute atomic E-state index is 0.163. The van der Waals surface area contributed by atoms with E-state index in [1.54, 1.807) is 14.2 Å². The van der Waals surface area contributed by atoms with Gasteiger partial charge in [-0.25, -0.2) is 0 Å². The first kappa shape index (κ1) is 18.4. The smallest absolute Gasteiger partial charge is 0.272 e. The second-order valence-corrected chi connectivity index (χ2v) is 7.06. The monoisotopic (exact) mass is 379 g/mol. The minimum Gasteiger partial charge on any atom is -0.497 e. The Bertz CT molecular complexity index is 957. The van der Waals surface area contributed by atoms with Crippen molar-refractivity contribution in [2.24, 2.45) is 0 Å². The molecule has 2 aromatic carbocycles. The molecule has 0 saturated carbocycles. The first-order valence-electron chi connectivity index (χ1n) is 9.52. The van der Waals surface area contributed by atoms with Gasteiger partial charge in [0.2, 0.25) is 0 Å². The highest BCUT2D eigenvalue weighted by molar-refractivity contribution is 6.06. The molecule has 2 heterocycles. The number of nitrogens with zero attached hydrogens (tertiary/aromatic N) is 1. The Morgan fingerprint density at radius 1 is 1.07 bits per heavy atom. The summed E-state index contributed by atoms with van der Waals surface area (Å²) in [6.07, 6.45) is 2.45. The van der Waals surface area contributed by atoms with Crippen molar-refractivity contribution in [3.63, 3.8) is 0 Å². The molecule has 0 unspecified atom stereocenters. The molecule has 28 heavy (non-hydrogen) atoms. The molecule has 3 aromatic rings. The number of ether oxygens (including phenoxy) is 2. The summed E-state index contributed by atoms with van der Waals surface area (Å²) < 4.78 is 10.7. The van der Waals surface area contributed by atoms with Gasteiger partial charge in [-0.3, -0.25) is 4.79 Å². The van der Waals surface area contributed by atoms with Gasteiger partial charge in [-0.1, -0.05) is 0 Å². The SMILES string of the molecule is COc1ccc2cc(C(=O)Nc3ccc(N4CCC(OC)CC4)cc3)[nH]c2c1. The maximum absolute atomic E-state index is 12.6. The lowest BCUT2D eigenvalue weighted by molar-refractivity contribution is 0.0819. The summed E-state index contributed by atoms with van der Waals surface area (Å²) in [5.41, 5.74) is 3.34. The van der Waals surface area contributed by atoms with Crippen LogP contribution in [-0.4, -0.2) is 44.3 Å². The van der Waals surface area contributed by atoms with E-state index in [0.717, 1.165) is 48.3 Å². The lowest BCUT2D eigenvalue weighted by atomic mass is 10.1. The fourth-order valence-electron chi connectivity index (χ4n) is 3.66. The van der Waals surface area contributed by atoms with Crippen molar-refractivity contribution < 1.29 is 14.3 Å². The summed E-state index contributed by atoms with van der Waals surface area (Å²) >= 11 is 0. The van der Waals surface area contributed by atoms with Crippen molar-refractivity contribution in [2.75, 3.05) is 37.5 Å². The Labute approximate surface area is 164 Å². The van der Waals surface area contributed by atoms with Gasteiger partial charge >= 0.3 is 0 Å². The highest BCUT2D eigenvalue weighted by Gasteiger charge is 2.19. The maximum Gasteiger partial charge on any atom is 0.272 e. The minimum atomic E-state index is -0.163. The molecule has 4 rings (SSSR count). The summed E-state index contributed by atoms with van der Waals surface area (Å²) in [7, 11) is 3.41. The number of nitrogens with one attached hydrogen (secondary N) is 2. The maximum atomic E-state index is 12.6. The molecule has 1 saturated heterocycles. The molecule has 6 heteroatoms. The third-order valence-electron chi connectivity index (χ3n) is 5.34. The summed E-state index contributed by atoms with van der Waals surface area (Å²) in [6, 6.07) is 15.5. The van der Waals surface area contributed by atoms with Gasteiger partial charge in [-0.05, 0) is 55.3 Å². The topological polar surface area (TPSA) is 66.6 Å². The van der Waals surface area contributed by atoms with Crippen LogP contribution in [-0.2, 0) is 4.74 Å². The van der Waals surface area contributed by atoms with Crippen LogP contribution in [0, 0.1) is 0 Å². The zero-order chi connectivity index (χ0) is 19.5. The summed E-state index contributed by atoms with van der Waals surface area (Å²) in [6.45, 7) is 1.98. The third kappa shape index (κ3) is 3.82. The summed E-state index contributed by atoms with van der Waals surface area (Å²) in [5.74, 6) is 0.593. The number of H-pyrrole nitrogens is 1. The second-order valence-electron chi connectivity index (χ2n) is 7.06. The Morgan fingerprint density at radius 2 is 1.82 bits per heavy atom. The van der Waals surface area contributed by atoms with Gasteiger partial charge in [0.25, 0.3) is 5.91 Å². The number of rotatable bonds is 5. The van der Waals surface area contributed by atoms with Gasteiger partial charge in [0.1, 0.15) is 11.4 Å². The van der Waals surface area contributed by atoms with Crippen molar-refractivity contribution in [2.45, 2.75) is 18.9 Å². The standard InChI is InChI=1S/C22H25N3O3/c1-27-18-9-11-25(12-10-18)17-6-4-16(5-7-17)23-22(26)21-13-15-3-8-19(28-2)14-20(15)24-21/h3-8,13-14,18,24H,9-12H2,1-2H3,(H,23,26). The van der Waals surface area contributed by atoms with E-state index >= 15 is 0 Å². The molecule has 1 aromatic heterocycles. The van der Waals surface area contributed by atoms with E-state index in [4.69, 9.17) is 9.47 Å². The Kier molecular flexibility index (Phi) is 5.21. The van der Waals surface area contributed by atoms with Crippen LogP contribution in [0.3, 0.4) is 0 Å². The quantitative estimate of drug-likeness (QED) is 0.702. The average Bonchev–Trinajstić information content (AvgIpc) is 3.18. The number of amides is 1. The molecule has 146 valence electrons. The molecular weight excluding hydrogens is 354 g/mol. The van der Waals surface area contributed by atoms with Crippen LogP contribution < -0.4 is 15.0 Å². The van der Waals surface area contributed by atoms with Crippen molar-refractivity contribution in [1.29, 1.82) is 0 Å². The van der Waals surface area contributed by atoms with E-state index in [2.05, 4.69) is 27.3 Å². The number of methoxy groups -OCH3 is 2. The van der Waals surface area contributed by atoms with Crippen LogP contribution >= 0.6 is 0 Å². The molecule has 1 amide bonds. The number of piperidine rings is 1. The van der Waals surface area contributed by atoms with Gasteiger partial charge in [0, 0.05) is 48.5 Å². The molecular formula is C22H25N3O3. The number of carbonyl (C=O) groups is 1. The molecule has 1 aliphatic heterocycles. The molecule has 0 spiro atoms. The van der Waals surface area contributed by atoms with Crippen molar-refractivity contribution in [3.05, 3.63) is 54.2 Å². The van der Waals surface area contributed by atoms with E-state index in [1.165, 1.54) is 5.69 Å². The molecule has 0 atom stereocenters. The van der Waals surface area contributed by atoms with E-state index in [0.29, 0.717) is 11.8 Å². The van der Waals surface area contributed by atoms with E-state index in [1.807, 2.05) is 36.4 Å². The number of aromatic nitrogens is 1. The van der Waals surface area contributed by atoms with Crippen molar-refractivity contribution in [1.82, 2.24) is 4.98 Å². The van der Waals surface area contributed by atoms with Crippen LogP contribution in [0.5, 0.6) is 5.75 Å². The first-order valence-corrected chi connectivity index (χ1v) is 9.52. The number of benzene rings is 2. The largest absolute Gasteiger partial charge is 0.497 e. The summed E-state index contributed by atoms with van der Waals surface area (Å²) in [5, 5.41) is 3.93. The molecule has 6 nitrogen and oxygen atoms in total. The van der Waals surface area contributed by atoms with Crippen LogP contribution in [0.15, 0.2) is 48.5 Å². The third-order valence-corrected chi connectivity index (χ3v) is 5.34. The van der Waals surface area contributed by atoms with Gasteiger partial charge < -0.3 is 24.7 Å². The Morgan fingerprint density at radius 3 is 2.50 bits per heavy atom. The van der Waals surface area contributed by atoms with E-state index in [-0.39, 0.29) is 5.91 Å². The van der Waals surface area contributed by atoms with E-state index < -0.39 is 0 Å². The molecule has 0 aliphatic carbocycles. The Balaban J connectivity index is 1.42. The average molecular weight is 379 g/mol. The number of hydrogen-bond acceptors (Lipinski definition) is 4. The highest BCUT2D eigenvalue weighted by atomic mass is 16.5. The second kappa shape index (κ2) is 7.94. The fraction of sp³-hybridized carbons (Fsp3) is 0.318. The molecule has 0 radical (unpaired) electrons. The number of anilines is 2. The predicted molar refractivity (Wildman–Crippen MR) is 111 cm³/mol. The van der Waals surface area contributed by atoms with Crippen LogP contribution in [0.4, 0.5) is 11.4 Å². The number of hydrogen-bond donors (Lipinski definition) is 2. The van der Waals surface area contributed by atoms with Crippen LogP contribution in [0.2, 0.25) is 0 Å². The van der Waals surface area contributed by atoms with E-state index in [9.17, 15) is 4.79 Å². The number of aromatic amines is 1. The van der Waals surface area contributed by atoms with Crippen LogP contribution in [0.1, 0.15) is 23.3 Å². The highest BCUT2D eigenvalue weighted by Crippen LogP contribution is 2.24. The predicted octanol–water partition coefficient (Wildman–Crippen LogP) is 4.04. The summed E-state index contributed by atoms with van der Waals surface area (Å²) in [4.78, 5) is 18.1. The first-order chi connectivity index (χ1) is 13.7. The molecule has 1 fully saturated rings. The number of fused-ring (bicyclic) bond motifs is 1. The number of carbonyl (C=O) groups excluding carboxylic acids is 1. The zero-order valence-electron chi connectivity index (χ0n) is 16.2. The van der Waals surface area contributed by atoms with Crippen molar-refractivity contribution in [3.8, 4) is 5.75 Å². The van der Waals surface area contributed by atoms with Gasteiger partial charge in [-0.2, -0.15) is 0 Å². The fourth-order valence-corrected chi connectivity index (χ4v) is 3.66. The molecule has 0 bridgehead atoms. The van der Waals surface area contributed by atoms with Crippen LogP contribution in [0.25, 0.3) is 10.9 Å². The zero-order valence-corrected chi connectivity index (χ0v) is 16.2. The molecule has 1 aliphatic rings. The van der Waals surface area contributed by atoms with Gasteiger partial charge in [-0.15, -0.1) is 0 Å². The molecule has 2 N–H and O–H groups in total. The van der Waals surface area contributed by atoms with Crippen molar-refractivity contribution >= 4 is 28.2 Å². The van der Waals surface area contributed by atoms with Gasteiger partial charge in [0.15, 0.2) is 0 Å². The lowest BCUT2D eigenvalue weighted by Crippen LogP contribution is -2.36. The Hall–Kier alpha value is -2.99. The lowest BCUT2D eigenvalue weighted by Gasteiger charge is -2.33.